The van der Waals surface area contributed by atoms with Gasteiger partial charge in [-0.15, -0.1) is 0 Å². The maximum absolute atomic E-state index is 12.4. The quantitative estimate of drug-likeness (QED) is 0.179. The van der Waals surface area contributed by atoms with Crippen molar-refractivity contribution in [1.82, 2.24) is 10.3 Å². The Morgan fingerprint density at radius 1 is 0.829 bits per heavy atom. The van der Waals surface area contributed by atoms with Crippen LogP contribution in [0.4, 0.5) is 5.69 Å². The second kappa shape index (κ2) is 9.56. The van der Waals surface area contributed by atoms with Crippen LogP contribution in [0, 0.1) is 0 Å². The molecule has 4 heterocycles. The third-order valence-corrected chi connectivity index (χ3v) is 5.90. The number of nitrogens with one attached hydrogen (secondary N) is 2. The number of H-pyrrole nitrogens is 1. The SMILES string of the molecule is O=C1NC(=O)C(=Nc2cc([C@H]3OC[C@H](O)[C@@H](O)[C@@H]3O)c(O)[nH]c2=O)C=C1[C@H]1OC[C@@H](O)[C@@H](O)[C@@H]1O. The normalized spacial score (nSPS) is 37.2. The van der Waals surface area contributed by atoms with Crippen LogP contribution in [-0.2, 0) is 19.1 Å². The largest absolute Gasteiger partial charge is 0.494 e. The first kappa shape index (κ1) is 25.1. The van der Waals surface area contributed by atoms with E-state index >= 15 is 0 Å². The minimum Gasteiger partial charge on any atom is -0.494 e. The number of aromatic amines is 1. The highest BCUT2D eigenvalue weighted by Gasteiger charge is 2.43. The molecule has 2 amide bonds. The number of carbonyl (C=O) groups excluding carboxylic acids is 2. The van der Waals surface area contributed by atoms with E-state index in [4.69, 9.17) is 9.47 Å². The highest BCUT2D eigenvalue weighted by Crippen LogP contribution is 2.34. The molecule has 2 fully saturated rings. The van der Waals surface area contributed by atoms with Crippen molar-refractivity contribution < 1.29 is 54.8 Å². The summed E-state index contributed by atoms with van der Waals surface area (Å²) in [7, 11) is 0. The van der Waals surface area contributed by atoms with Crippen molar-refractivity contribution >= 4 is 23.2 Å². The molecule has 0 bridgehead atoms. The smallest absolute Gasteiger partial charge is 0.276 e. The fourth-order valence-electron chi connectivity index (χ4n) is 3.93. The van der Waals surface area contributed by atoms with Crippen molar-refractivity contribution in [2.75, 3.05) is 13.2 Å². The lowest BCUT2D eigenvalue weighted by atomic mass is 9.92. The van der Waals surface area contributed by atoms with Gasteiger partial charge in [0.15, 0.2) is 5.88 Å². The van der Waals surface area contributed by atoms with Crippen molar-refractivity contribution in [3.63, 3.8) is 0 Å². The summed E-state index contributed by atoms with van der Waals surface area (Å²) in [4.78, 5) is 43.0. The van der Waals surface area contributed by atoms with E-state index in [1.165, 1.54) is 0 Å². The van der Waals surface area contributed by atoms with Crippen molar-refractivity contribution in [2.45, 2.75) is 48.8 Å². The maximum atomic E-state index is 12.4. The first-order chi connectivity index (χ1) is 16.5. The Bertz CT molecular complexity index is 1150. The molecule has 0 radical (unpaired) electrons. The van der Waals surface area contributed by atoms with Crippen LogP contribution >= 0.6 is 0 Å². The Morgan fingerprint density at radius 2 is 1.40 bits per heavy atom. The monoisotopic (exact) mass is 497 g/mol. The molecule has 9 N–H and O–H groups in total. The lowest BCUT2D eigenvalue weighted by Gasteiger charge is -2.36. The number of pyridine rings is 1. The molecule has 4 rings (SSSR count). The van der Waals surface area contributed by atoms with E-state index in [1.54, 1.807) is 0 Å². The second-order valence-corrected chi connectivity index (χ2v) is 8.27. The molecule has 3 aliphatic heterocycles. The van der Waals surface area contributed by atoms with Gasteiger partial charge in [-0.25, -0.2) is 4.99 Å². The predicted molar refractivity (Wildman–Crippen MR) is 112 cm³/mol. The van der Waals surface area contributed by atoms with E-state index in [0.29, 0.717) is 0 Å². The zero-order valence-corrected chi connectivity index (χ0v) is 17.8. The van der Waals surface area contributed by atoms with Crippen LogP contribution in [-0.4, -0.2) is 114 Å². The van der Waals surface area contributed by atoms with Gasteiger partial charge in [0.1, 0.15) is 60.2 Å². The number of aliphatic imine (C=N–C) groups is 1. The van der Waals surface area contributed by atoms with E-state index in [2.05, 4.69) is 9.98 Å². The number of aliphatic hydroxyl groups is 6. The number of aliphatic hydroxyl groups excluding tert-OH is 6. The Hall–Kier alpha value is -3.02. The summed E-state index contributed by atoms with van der Waals surface area (Å²) in [5.74, 6) is -2.67. The van der Waals surface area contributed by atoms with E-state index in [9.17, 15) is 50.1 Å². The summed E-state index contributed by atoms with van der Waals surface area (Å²) in [5.41, 5.74) is -2.40. The Labute approximate surface area is 195 Å². The number of hydrogen-bond donors (Lipinski definition) is 9. The molecule has 1 aromatic heterocycles. The molecule has 15 heteroatoms. The van der Waals surface area contributed by atoms with Crippen LogP contribution in [0.2, 0.25) is 0 Å². The molecule has 15 nitrogen and oxygen atoms in total. The average Bonchev–Trinajstić information content (AvgIpc) is 2.80. The van der Waals surface area contributed by atoms with E-state index in [1.807, 2.05) is 5.32 Å². The zero-order chi connectivity index (χ0) is 25.6. The van der Waals surface area contributed by atoms with Gasteiger partial charge in [-0.1, -0.05) is 0 Å². The fourth-order valence-corrected chi connectivity index (χ4v) is 3.93. The van der Waals surface area contributed by atoms with Gasteiger partial charge in [0.2, 0.25) is 0 Å². The van der Waals surface area contributed by atoms with E-state index in [-0.39, 0.29) is 17.7 Å². The van der Waals surface area contributed by atoms with Crippen molar-refractivity contribution in [2.24, 2.45) is 4.99 Å². The molecule has 0 saturated carbocycles. The van der Waals surface area contributed by atoms with Crippen molar-refractivity contribution in [1.29, 1.82) is 0 Å². The number of aromatic hydroxyl groups is 1. The number of aromatic nitrogens is 1. The summed E-state index contributed by atoms with van der Waals surface area (Å²) >= 11 is 0. The summed E-state index contributed by atoms with van der Waals surface area (Å²) in [5, 5.41) is 71.6. The summed E-state index contributed by atoms with van der Waals surface area (Å²) in [6.45, 7) is -0.786. The van der Waals surface area contributed by atoms with Gasteiger partial charge >= 0.3 is 0 Å². The molecular weight excluding hydrogens is 474 g/mol. The van der Waals surface area contributed by atoms with Crippen LogP contribution in [0.1, 0.15) is 11.7 Å². The number of ether oxygens (including phenoxy) is 2. The van der Waals surface area contributed by atoms with Gasteiger partial charge in [-0.3, -0.25) is 24.7 Å². The molecule has 190 valence electrons. The highest BCUT2D eigenvalue weighted by molar-refractivity contribution is 6.49. The molecule has 0 aliphatic carbocycles. The summed E-state index contributed by atoms with van der Waals surface area (Å²) < 4.78 is 10.5. The molecule has 2 saturated heterocycles. The maximum Gasteiger partial charge on any atom is 0.276 e. The Kier molecular flexibility index (Phi) is 6.85. The lowest BCUT2D eigenvalue weighted by Crippen LogP contribution is -2.56. The standard InChI is InChI=1S/C20H23N3O12/c24-9-3-34-15(13(28)11(9)26)5-1-7(19(32)22-17(5)30)21-8-2-6(18(31)23-20(8)33)16-14(29)12(27)10(25)4-35-16/h1-2,9-16,24-29H,3-4H2,(H,22,30,32)(H2,23,31,33)/t9-,10+,11-,12-,13+,14+,15-,16-/m1/s1. The van der Waals surface area contributed by atoms with Crippen LogP contribution in [0.3, 0.4) is 0 Å². The first-order valence-corrected chi connectivity index (χ1v) is 10.4. The zero-order valence-electron chi connectivity index (χ0n) is 17.8. The van der Waals surface area contributed by atoms with Crippen molar-refractivity contribution in [3.05, 3.63) is 33.6 Å². The number of rotatable bonds is 3. The number of carbonyl (C=O) groups is 2. The first-order valence-electron chi connectivity index (χ1n) is 10.4. The molecule has 0 unspecified atom stereocenters. The van der Waals surface area contributed by atoms with Gasteiger partial charge < -0.3 is 45.2 Å². The van der Waals surface area contributed by atoms with Crippen LogP contribution in [0.25, 0.3) is 0 Å². The molecule has 8 atom stereocenters. The molecular formula is C20H23N3O12. The number of nitrogens with zero attached hydrogens (tertiary/aromatic N) is 1. The van der Waals surface area contributed by atoms with E-state index in [0.717, 1.165) is 12.1 Å². The molecule has 35 heavy (non-hydrogen) atoms. The van der Waals surface area contributed by atoms with Gasteiger partial charge in [-0.05, 0) is 12.1 Å². The minimum atomic E-state index is -1.71. The third-order valence-electron chi connectivity index (χ3n) is 5.90. The second-order valence-electron chi connectivity index (χ2n) is 8.27. The fraction of sp³-hybridized carbons (Fsp3) is 0.500. The highest BCUT2D eigenvalue weighted by atomic mass is 16.5. The molecule has 0 spiro atoms. The third kappa shape index (κ3) is 4.63. The average molecular weight is 497 g/mol. The minimum absolute atomic E-state index is 0.206. The number of imide groups is 1. The topological polar surface area (TPSA) is 251 Å². The van der Waals surface area contributed by atoms with Gasteiger partial charge in [0, 0.05) is 5.56 Å². The molecule has 1 aromatic rings. The van der Waals surface area contributed by atoms with Crippen LogP contribution in [0.15, 0.2) is 27.5 Å². The Balaban J connectivity index is 1.71. The van der Waals surface area contributed by atoms with Crippen LogP contribution < -0.4 is 10.9 Å². The lowest BCUT2D eigenvalue weighted by molar-refractivity contribution is -0.189. The summed E-state index contributed by atoms with van der Waals surface area (Å²) in [6, 6.07) is 0.989. The van der Waals surface area contributed by atoms with E-state index < -0.39 is 90.1 Å². The molecule has 3 aliphatic rings. The van der Waals surface area contributed by atoms with Gasteiger partial charge in [-0.2, -0.15) is 0 Å². The summed E-state index contributed by atoms with van der Waals surface area (Å²) in [6.07, 6.45) is -11.2. The molecule has 0 aromatic carbocycles. The number of hydrogen-bond acceptors (Lipinski definition) is 13. The predicted octanol–water partition coefficient (Wildman–Crippen LogP) is -4.63. The number of amides is 2. The van der Waals surface area contributed by atoms with Gasteiger partial charge in [0.05, 0.1) is 18.8 Å². The van der Waals surface area contributed by atoms with Crippen molar-refractivity contribution in [3.8, 4) is 5.88 Å². The van der Waals surface area contributed by atoms with Crippen LogP contribution in [0.5, 0.6) is 5.88 Å². The van der Waals surface area contributed by atoms with Gasteiger partial charge in [0.25, 0.3) is 17.4 Å². The Morgan fingerprint density at radius 3 is 2.03 bits per heavy atom.